The smallest absolute Gasteiger partial charge is 0.253 e. The number of rotatable bonds is 6. The minimum atomic E-state index is -3.77. The molecule has 1 amide bonds. The van der Waals surface area contributed by atoms with Crippen LogP contribution in [0.3, 0.4) is 0 Å². The molecule has 30 heavy (non-hydrogen) atoms. The lowest BCUT2D eigenvalue weighted by atomic mass is 9.98. The van der Waals surface area contributed by atoms with Gasteiger partial charge in [-0.3, -0.25) is 4.79 Å². The molecule has 1 atom stereocenters. The standard InChI is InChI=1S/C21H27N3O4S2/c1-28-18-9-8-15(13-19(18)30(26,27)23-17-6-2-3-7-17)21(25)24-11-4-5-16(14-24)20-22-10-12-29-20/h8-10,12-13,16-17,23H,2-7,11,14H2,1H3. The van der Waals surface area contributed by atoms with Crippen LogP contribution in [0.5, 0.6) is 5.75 Å². The molecule has 2 fully saturated rings. The van der Waals surface area contributed by atoms with Crippen LogP contribution in [0.2, 0.25) is 0 Å². The second-order valence-corrected chi connectivity index (χ2v) is 10.5. The number of hydrogen-bond acceptors (Lipinski definition) is 6. The van der Waals surface area contributed by atoms with Gasteiger partial charge in [0.2, 0.25) is 10.0 Å². The van der Waals surface area contributed by atoms with Crippen molar-refractivity contribution in [1.29, 1.82) is 0 Å². The van der Waals surface area contributed by atoms with E-state index in [1.54, 1.807) is 34.6 Å². The summed E-state index contributed by atoms with van der Waals surface area (Å²) in [6.45, 7) is 1.26. The molecule has 1 aliphatic heterocycles. The molecule has 1 saturated heterocycles. The maximum atomic E-state index is 13.2. The molecule has 0 bridgehead atoms. The van der Waals surface area contributed by atoms with E-state index in [-0.39, 0.29) is 28.5 Å². The van der Waals surface area contributed by atoms with Gasteiger partial charge < -0.3 is 9.64 Å². The van der Waals surface area contributed by atoms with E-state index in [9.17, 15) is 13.2 Å². The molecule has 9 heteroatoms. The molecule has 2 aromatic rings. The number of methoxy groups -OCH3 is 1. The number of hydrogen-bond donors (Lipinski definition) is 1. The number of carbonyl (C=O) groups is 1. The van der Waals surface area contributed by atoms with Gasteiger partial charge in [0.25, 0.3) is 5.91 Å². The molecule has 162 valence electrons. The van der Waals surface area contributed by atoms with Gasteiger partial charge >= 0.3 is 0 Å². The van der Waals surface area contributed by atoms with Crippen molar-refractivity contribution in [3.8, 4) is 5.75 Å². The molecule has 4 rings (SSSR count). The van der Waals surface area contributed by atoms with E-state index in [0.717, 1.165) is 43.5 Å². The number of amides is 1. The summed E-state index contributed by atoms with van der Waals surface area (Å²) in [6, 6.07) is 4.60. The minimum Gasteiger partial charge on any atom is -0.495 e. The van der Waals surface area contributed by atoms with Gasteiger partial charge in [-0.2, -0.15) is 0 Å². The van der Waals surface area contributed by atoms with Crippen LogP contribution >= 0.6 is 11.3 Å². The van der Waals surface area contributed by atoms with Crippen molar-refractivity contribution in [2.75, 3.05) is 20.2 Å². The molecule has 1 aromatic carbocycles. The van der Waals surface area contributed by atoms with Crippen molar-refractivity contribution in [3.63, 3.8) is 0 Å². The molecule has 7 nitrogen and oxygen atoms in total. The lowest BCUT2D eigenvalue weighted by molar-refractivity contribution is 0.0706. The van der Waals surface area contributed by atoms with Crippen molar-refractivity contribution in [2.45, 2.75) is 55.4 Å². The molecule has 0 radical (unpaired) electrons. The summed E-state index contributed by atoms with van der Waals surface area (Å²) in [5.41, 5.74) is 0.363. The van der Waals surface area contributed by atoms with E-state index in [1.165, 1.54) is 13.2 Å². The van der Waals surface area contributed by atoms with E-state index in [1.807, 2.05) is 5.38 Å². The predicted octanol–water partition coefficient (Wildman–Crippen LogP) is 3.39. The largest absolute Gasteiger partial charge is 0.495 e. The number of likely N-dealkylation sites (tertiary alicyclic amines) is 1. The number of piperidine rings is 1. The second kappa shape index (κ2) is 9.03. The van der Waals surface area contributed by atoms with E-state index in [4.69, 9.17) is 4.74 Å². The Kier molecular flexibility index (Phi) is 6.40. The topological polar surface area (TPSA) is 88.6 Å². The quantitative estimate of drug-likeness (QED) is 0.730. The number of benzene rings is 1. The molecule has 2 heterocycles. The van der Waals surface area contributed by atoms with Crippen LogP contribution in [0.1, 0.15) is 59.8 Å². The summed E-state index contributed by atoms with van der Waals surface area (Å²) in [7, 11) is -2.33. The van der Waals surface area contributed by atoms with E-state index >= 15 is 0 Å². The van der Waals surface area contributed by atoms with E-state index in [2.05, 4.69) is 9.71 Å². The molecule has 2 aliphatic rings. The molecular weight excluding hydrogens is 422 g/mol. The van der Waals surface area contributed by atoms with Gasteiger partial charge in [0.05, 0.1) is 12.1 Å². The van der Waals surface area contributed by atoms with Crippen molar-refractivity contribution in [1.82, 2.24) is 14.6 Å². The van der Waals surface area contributed by atoms with Crippen molar-refractivity contribution >= 4 is 27.3 Å². The average Bonchev–Trinajstić information content (AvgIpc) is 3.47. The Morgan fingerprint density at radius 2 is 2.03 bits per heavy atom. The first kappa shape index (κ1) is 21.3. The van der Waals surface area contributed by atoms with Gasteiger partial charge in [0.15, 0.2) is 0 Å². The number of nitrogens with one attached hydrogen (secondary N) is 1. The first-order valence-electron chi connectivity index (χ1n) is 10.4. The van der Waals surface area contributed by atoms with Crippen molar-refractivity contribution in [3.05, 3.63) is 40.3 Å². The highest BCUT2D eigenvalue weighted by Gasteiger charge is 2.30. The fourth-order valence-corrected chi connectivity index (χ4v) is 6.60. The van der Waals surface area contributed by atoms with Crippen molar-refractivity contribution in [2.24, 2.45) is 0 Å². The number of carbonyl (C=O) groups excluding carboxylic acids is 1. The van der Waals surface area contributed by atoms with Crippen LogP contribution in [0.4, 0.5) is 0 Å². The van der Waals surface area contributed by atoms with Gasteiger partial charge in [-0.15, -0.1) is 11.3 Å². The number of aromatic nitrogens is 1. The Labute approximate surface area is 181 Å². The van der Waals surface area contributed by atoms with E-state index in [0.29, 0.717) is 18.7 Å². The van der Waals surface area contributed by atoms with Gasteiger partial charge in [-0.05, 0) is 43.9 Å². The average molecular weight is 450 g/mol. The third kappa shape index (κ3) is 4.53. The number of ether oxygens (including phenoxy) is 1. The number of thiazole rings is 1. The van der Waals surface area contributed by atoms with E-state index < -0.39 is 10.0 Å². The van der Waals surface area contributed by atoms with Gasteiger partial charge in [-0.1, -0.05) is 12.8 Å². The highest BCUT2D eigenvalue weighted by Crippen LogP contribution is 2.31. The minimum absolute atomic E-state index is 0.0243. The fourth-order valence-electron chi connectivity index (χ4n) is 4.33. The fraction of sp³-hybridized carbons (Fsp3) is 0.524. The third-order valence-electron chi connectivity index (χ3n) is 5.89. The summed E-state index contributed by atoms with van der Waals surface area (Å²) in [5.74, 6) is 0.320. The van der Waals surface area contributed by atoms with Crippen LogP contribution in [0, 0.1) is 0 Å². The summed E-state index contributed by atoms with van der Waals surface area (Å²) in [6.07, 6.45) is 7.43. The Hall–Kier alpha value is -1.97. The van der Waals surface area contributed by atoms with Gasteiger partial charge in [0.1, 0.15) is 10.6 Å². The maximum Gasteiger partial charge on any atom is 0.253 e. The molecule has 1 N–H and O–H groups in total. The monoisotopic (exact) mass is 449 g/mol. The normalized spacial score (nSPS) is 20.4. The zero-order valence-corrected chi connectivity index (χ0v) is 18.7. The van der Waals surface area contributed by atoms with Crippen molar-refractivity contribution < 1.29 is 17.9 Å². The summed E-state index contributed by atoms with van der Waals surface area (Å²) >= 11 is 1.61. The Morgan fingerprint density at radius 3 is 2.73 bits per heavy atom. The summed E-state index contributed by atoms with van der Waals surface area (Å²) in [5, 5.41) is 3.00. The number of nitrogens with zero attached hydrogens (tertiary/aromatic N) is 2. The lowest BCUT2D eigenvalue weighted by Crippen LogP contribution is -2.39. The predicted molar refractivity (Wildman–Crippen MR) is 116 cm³/mol. The van der Waals surface area contributed by atoms with Crippen LogP contribution in [-0.2, 0) is 10.0 Å². The summed E-state index contributed by atoms with van der Waals surface area (Å²) < 4.78 is 34.1. The van der Waals surface area contributed by atoms with Crippen LogP contribution in [0.25, 0.3) is 0 Å². The second-order valence-electron chi connectivity index (χ2n) is 7.93. The Balaban J connectivity index is 1.56. The molecule has 1 unspecified atom stereocenters. The molecule has 1 aromatic heterocycles. The molecule has 1 saturated carbocycles. The Morgan fingerprint density at radius 1 is 1.23 bits per heavy atom. The third-order valence-corrected chi connectivity index (χ3v) is 8.37. The van der Waals surface area contributed by atoms with Gasteiger partial charge in [-0.25, -0.2) is 18.1 Å². The molecule has 1 aliphatic carbocycles. The SMILES string of the molecule is COc1ccc(C(=O)N2CCCC(c3nccs3)C2)cc1S(=O)(=O)NC1CCCC1. The lowest BCUT2D eigenvalue weighted by Gasteiger charge is -2.32. The van der Waals surface area contributed by atoms with Gasteiger partial charge in [0, 0.05) is 42.2 Å². The first-order valence-corrected chi connectivity index (χ1v) is 12.7. The zero-order valence-electron chi connectivity index (χ0n) is 17.0. The van der Waals surface area contributed by atoms with Crippen LogP contribution < -0.4 is 9.46 Å². The number of sulfonamides is 1. The maximum absolute atomic E-state index is 13.2. The highest BCUT2D eigenvalue weighted by atomic mass is 32.2. The molecule has 0 spiro atoms. The highest BCUT2D eigenvalue weighted by molar-refractivity contribution is 7.89. The van der Waals surface area contributed by atoms with Crippen LogP contribution in [-0.4, -0.2) is 50.5 Å². The first-order chi connectivity index (χ1) is 14.5. The Bertz CT molecular complexity index is 986. The molecular formula is C21H27N3O4S2. The van der Waals surface area contributed by atoms with Crippen LogP contribution in [0.15, 0.2) is 34.7 Å². The zero-order chi connectivity index (χ0) is 21.1. The summed E-state index contributed by atoms with van der Waals surface area (Å²) in [4.78, 5) is 19.4.